The van der Waals surface area contributed by atoms with Gasteiger partial charge in [0.25, 0.3) is 0 Å². The van der Waals surface area contributed by atoms with Crippen molar-refractivity contribution in [2.45, 2.75) is 12.5 Å². The van der Waals surface area contributed by atoms with Crippen LogP contribution in [0.4, 0.5) is 5.69 Å². The maximum absolute atomic E-state index is 6.14. The number of nitrogens with one attached hydrogen (secondary N) is 1. The zero-order valence-corrected chi connectivity index (χ0v) is 10.5. The van der Waals surface area contributed by atoms with Crippen LogP contribution in [0.5, 0.6) is 5.75 Å². The molecule has 3 rings (SSSR count). The Balaban J connectivity index is 1.89. The minimum absolute atomic E-state index is 0.219. The summed E-state index contributed by atoms with van der Waals surface area (Å²) in [5.41, 5.74) is 2.03. The first-order valence-corrected chi connectivity index (χ1v) is 6.30. The fourth-order valence-electron chi connectivity index (χ4n) is 2.16. The fraction of sp³-hybridized carbons (Fsp3) is 0.214. The molecule has 1 aliphatic rings. The summed E-state index contributed by atoms with van der Waals surface area (Å²) in [6, 6.07) is 10.1. The Bertz CT molecular complexity index is 559. The number of halogens is 1. The molecule has 0 aliphatic carbocycles. The minimum Gasteiger partial charge on any atom is -0.493 e. The van der Waals surface area contributed by atoms with Gasteiger partial charge in [-0.3, -0.25) is 4.98 Å². The van der Waals surface area contributed by atoms with Gasteiger partial charge >= 0.3 is 0 Å². The molecular weight excluding hydrogens is 248 g/mol. The summed E-state index contributed by atoms with van der Waals surface area (Å²) < 4.78 is 5.63. The van der Waals surface area contributed by atoms with Crippen molar-refractivity contribution in [2.24, 2.45) is 0 Å². The highest BCUT2D eigenvalue weighted by atomic mass is 35.5. The Kier molecular flexibility index (Phi) is 3.07. The lowest BCUT2D eigenvalue weighted by Crippen LogP contribution is -2.20. The highest BCUT2D eigenvalue weighted by Crippen LogP contribution is 2.35. The number of pyridine rings is 1. The number of hydrogen-bond donors (Lipinski definition) is 1. The van der Waals surface area contributed by atoms with Crippen LogP contribution < -0.4 is 10.1 Å². The standard InChI is InChI=1S/C14H13ClN2O/c15-11-5-7-16-9-13(11)17-12-6-8-18-14-4-2-1-3-10(12)14/h1-5,7,9,12,17H,6,8H2. The summed E-state index contributed by atoms with van der Waals surface area (Å²) in [4.78, 5) is 4.09. The van der Waals surface area contributed by atoms with E-state index in [0.29, 0.717) is 11.6 Å². The van der Waals surface area contributed by atoms with Crippen LogP contribution in [-0.4, -0.2) is 11.6 Å². The van der Waals surface area contributed by atoms with Crippen LogP contribution in [0.1, 0.15) is 18.0 Å². The number of anilines is 1. The zero-order valence-electron chi connectivity index (χ0n) is 9.77. The molecule has 3 nitrogen and oxygen atoms in total. The maximum atomic E-state index is 6.14. The van der Waals surface area contributed by atoms with Gasteiger partial charge in [0.05, 0.1) is 29.6 Å². The second-order valence-electron chi connectivity index (χ2n) is 4.23. The molecule has 1 N–H and O–H groups in total. The Hall–Kier alpha value is -1.74. The van der Waals surface area contributed by atoms with E-state index in [-0.39, 0.29) is 6.04 Å². The topological polar surface area (TPSA) is 34.2 Å². The van der Waals surface area contributed by atoms with Gasteiger partial charge in [-0.2, -0.15) is 0 Å². The Morgan fingerprint density at radius 3 is 3.06 bits per heavy atom. The molecule has 1 aliphatic heterocycles. The average Bonchev–Trinajstić information content (AvgIpc) is 2.42. The number of rotatable bonds is 2. The molecule has 1 aromatic heterocycles. The molecule has 2 aromatic rings. The summed E-state index contributed by atoms with van der Waals surface area (Å²) in [6.45, 7) is 0.715. The second-order valence-corrected chi connectivity index (χ2v) is 4.63. The van der Waals surface area contributed by atoms with Crippen LogP contribution in [-0.2, 0) is 0 Å². The molecule has 0 bridgehead atoms. The quantitative estimate of drug-likeness (QED) is 0.895. The molecule has 4 heteroatoms. The lowest BCUT2D eigenvalue weighted by Gasteiger charge is -2.27. The van der Waals surface area contributed by atoms with Crippen molar-refractivity contribution in [1.29, 1.82) is 0 Å². The Labute approximate surface area is 111 Å². The van der Waals surface area contributed by atoms with Gasteiger partial charge in [0.15, 0.2) is 0 Å². The number of hydrogen-bond acceptors (Lipinski definition) is 3. The number of nitrogens with zero attached hydrogens (tertiary/aromatic N) is 1. The molecule has 92 valence electrons. The molecule has 0 fully saturated rings. The molecule has 0 amide bonds. The van der Waals surface area contributed by atoms with E-state index in [9.17, 15) is 0 Å². The summed E-state index contributed by atoms with van der Waals surface area (Å²) in [7, 11) is 0. The summed E-state index contributed by atoms with van der Waals surface area (Å²) >= 11 is 6.14. The van der Waals surface area contributed by atoms with Gasteiger partial charge in [0.1, 0.15) is 5.75 Å². The first-order chi connectivity index (χ1) is 8.84. The third-order valence-corrected chi connectivity index (χ3v) is 3.39. The van der Waals surface area contributed by atoms with Gasteiger partial charge in [-0.1, -0.05) is 29.8 Å². The number of para-hydroxylation sites is 1. The van der Waals surface area contributed by atoms with E-state index in [1.165, 1.54) is 5.56 Å². The van der Waals surface area contributed by atoms with E-state index in [1.54, 1.807) is 18.5 Å². The van der Waals surface area contributed by atoms with E-state index < -0.39 is 0 Å². The number of ether oxygens (including phenoxy) is 1. The number of fused-ring (bicyclic) bond motifs is 1. The first kappa shape index (κ1) is 11.4. The predicted octanol–water partition coefficient (Wildman–Crippen LogP) is 3.67. The molecule has 0 saturated heterocycles. The van der Waals surface area contributed by atoms with E-state index in [4.69, 9.17) is 16.3 Å². The largest absolute Gasteiger partial charge is 0.493 e. The van der Waals surface area contributed by atoms with Crippen molar-refractivity contribution >= 4 is 17.3 Å². The molecule has 0 spiro atoms. The van der Waals surface area contributed by atoms with Gasteiger partial charge in [0, 0.05) is 18.2 Å². The lowest BCUT2D eigenvalue weighted by atomic mass is 10.0. The van der Waals surface area contributed by atoms with Gasteiger partial charge in [-0.05, 0) is 12.1 Å². The van der Waals surface area contributed by atoms with Crippen LogP contribution in [0.15, 0.2) is 42.7 Å². The third kappa shape index (κ3) is 2.14. The van der Waals surface area contributed by atoms with Crippen LogP contribution in [0.25, 0.3) is 0 Å². The fourth-order valence-corrected chi connectivity index (χ4v) is 2.32. The molecule has 0 radical (unpaired) electrons. The van der Waals surface area contributed by atoms with E-state index in [1.807, 2.05) is 18.2 Å². The summed E-state index contributed by atoms with van der Waals surface area (Å²) in [5, 5.41) is 4.12. The van der Waals surface area contributed by atoms with E-state index >= 15 is 0 Å². The Morgan fingerprint density at radius 1 is 1.28 bits per heavy atom. The van der Waals surface area contributed by atoms with Crippen molar-refractivity contribution < 1.29 is 4.74 Å². The van der Waals surface area contributed by atoms with Crippen LogP contribution in [0, 0.1) is 0 Å². The lowest BCUT2D eigenvalue weighted by molar-refractivity contribution is 0.274. The van der Waals surface area contributed by atoms with E-state index in [2.05, 4.69) is 16.4 Å². The zero-order chi connectivity index (χ0) is 12.4. The summed E-state index contributed by atoms with van der Waals surface area (Å²) in [5.74, 6) is 0.946. The second kappa shape index (κ2) is 4.86. The first-order valence-electron chi connectivity index (χ1n) is 5.92. The van der Waals surface area contributed by atoms with Crippen molar-refractivity contribution in [2.75, 3.05) is 11.9 Å². The minimum atomic E-state index is 0.219. The predicted molar refractivity (Wildman–Crippen MR) is 72.2 cm³/mol. The molecule has 0 saturated carbocycles. The van der Waals surface area contributed by atoms with Crippen molar-refractivity contribution in [1.82, 2.24) is 4.98 Å². The van der Waals surface area contributed by atoms with Gasteiger partial charge in [-0.25, -0.2) is 0 Å². The Morgan fingerprint density at radius 2 is 2.17 bits per heavy atom. The van der Waals surface area contributed by atoms with Crippen LogP contribution >= 0.6 is 11.6 Å². The molecule has 18 heavy (non-hydrogen) atoms. The highest BCUT2D eigenvalue weighted by molar-refractivity contribution is 6.33. The third-order valence-electron chi connectivity index (χ3n) is 3.06. The van der Waals surface area contributed by atoms with Crippen molar-refractivity contribution in [3.05, 3.63) is 53.3 Å². The number of aromatic nitrogens is 1. The normalized spacial score (nSPS) is 17.7. The molecular formula is C14H13ClN2O. The van der Waals surface area contributed by atoms with Crippen molar-refractivity contribution in [3.8, 4) is 5.75 Å². The summed E-state index contributed by atoms with van der Waals surface area (Å²) in [6.07, 6.45) is 4.36. The van der Waals surface area contributed by atoms with Gasteiger partial charge in [-0.15, -0.1) is 0 Å². The molecule has 2 heterocycles. The van der Waals surface area contributed by atoms with Crippen molar-refractivity contribution in [3.63, 3.8) is 0 Å². The molecule has 1 unspecified atom stereocenters. The van der Waals surface area contributed by atoms with Gasteiger partial charge < -0.3 is 10.1 Å². The average molecular weight is 261 g/mol. The molecule has 1 atom stereocenters. The highest BCUT2D eigenvalue weighted by Gasteiger charge is 2.21. The van der Waals surface area contributed by atoms with Crippen LogP contribution in [0.2, 0.25) is 5.02 Å². The van der Waals surface area contributed by atoms with E-state index in [0.717, 1.165) is 17.9 Å². The van der Waals surface area contributed by atoms with Crippen LogP contribution in [0.3, 0.4) is 0 Å². The smallest absolute Gasteiger partial charge is 0.124 e. The maximum Gasteiger partial charge on any atom is 0.124 e. The molecule has 1 aromatic carbocycles. The number of benzene rings is 1. The van der Waals surface area contributed by atoms with Gasteiger partial charge in [0.2, 0.25) is 0 Å². The SMILES string of the molecule is Clc1ccncc1NC1CCOc2ccccc21. The monoisotopic (exact) mass is 260 g/mol.